The van der Waals surface area contributed by atoms with Crippen LogP contribution in [0.5, 0.6) is 5.88 Å². The van der Waals surface area contributed by atoms with Crippen molar-refractivity contribution in [3.05, 3.63) is 57.8 Å². The molecule has 1 aromatic carbocycles. The number of nitro groups is 1. The van der Waals surface area contributed by atoms with E-state index in [-0.39, 0.29) is 10.6 Å². The predicted molar refractivity (Wildman–Crippen MR) is 80.6 cm³/mol. The van der Waals surface area contributed by atoms with Crippen LogP contribution in [0.2, 0.25) is 0 Å². The van der Waals surface area contributed by atoms with Crippen LogP contribution in [0.25, 0.3) is 0 Å². The summed E-state index contributed by atoms with van der Waals surface area (Å²) in [4.78, 5) is 14.7. The number of hydrogen-bond acceptors (Lipinski definition) is 5. The normalized spacial score (nSPS) is 10.2. The number of nitrogens with one attached hydrogen (secondary N) is 1. The number of rotatable bonds is 6. The third kappa shape index (κ3) is 3.92. The number of nitrogens with zero attached hydrogens (tertiary/aromatic N) is 2. The van der Waals surface area contributed by atoms with Gasteiger partial charge in [0.2, 0.25) is 5.88 Å². The Bertz CT molecular complexity index is 627. The first-order chi connectivity index (χ1) is 10.1. The number of hydrogen-bond donors (Lipinski definition) is 1. The molecular formula is C15H17N3O3. The fourth-order valence-corrected chi connectivity index (χ4v) is 1.88. The van der Waals surface area contributed by atoms with Crippen LogP contribution in [0.4, 0.5) is 11.4 Å². The molecule has 2 aromatic rings. The van der Waals surface area contributed by atoms with Gasteiger partial charge in [0.1, 0.15) is 0 Å². The zero-order chi connectivity index (χ0) is 15.2. The van der Waals surface area contributed by atoms with E-state index in [1.165, 1.54) is 0 Å². The van der Waals surface area contributed by atoms with Crippen molar-refractivity contribution in [1.82, 2.24) is 4.98 Å². The minimum absolute atomic E-state index is 0.138. The Morgan fingerprint density at radius 1 is 1.33 bits per heavy atom. The summed E-state index contributed by atoms with van der Waals surface area (Å²) in [5, 5.41) is 14.1. The Hall–Kier alpha value is -2.63. The predicted octanol–water partition coefficient (Wildman–Crippen LogP) is 3.31. The molecule has 0 bridgehead atoms. The van der Waals surface area contributed by atoms with E-state index in [2.05, 4.69) is 10.3 Å². The highest BCUT2D eigenvalue weighted by atomic mass is 16.6. The maximum absolute atomic E-state index is 10.9. The van der Waals surface area contributed by atoms with Crippen LogP contribution in [0.3, 0.4) is 0 Å². The Morgan fingerprint density at radius 2 is 2.14 bits per heavy atom. The van der Waals surface area contributed by atoms with Crippen LogP contribution >= 0.6 is 0 Å². The molecule has 0 aliphatic heterocycles. The minimum atomic E-state index is -0.364. The van der Waals surface area contributed by atoms with Gasteiger partial charge in [-0.25, -0.2) is 4.98 Å². The zero-order valence-electron chi connectivity index (χ0n) is 12.0. The molecule has 1 N–H and O–H groups in total. The highest BCUT2D eigenvalue weighted by Crippen LogP contribution is 2.20. The molecule has 0 amide bonds. The van der Waals surface area contributed by atoms with E-state index in [4.69, 9.17) is 4.74 Å². The number of aryl methyl sites for hydroxylation is 1. The molecular weight excluding hydrogens is 270 g/mol. The average Bonchev–Trinajstić information content (AvgIpc) is 2.48. The fraction of sp³-hybridized carbons (Fsp3) is 0.267. The van der Waals surface area contributed by atoms with E-state index in [1.54, 1.807) is 31.3 Å². The number of pyridine rings is 1. The van der Waals surface area contributed by atoms with E-state index in [0.717, 1.165) is 11.3 Å². The van der Waals surface area contributed by atoms with Crippen molar-refractivity contribution in [1.29, 1.82) is 0 Å². The molecule has 21 heavy (non-hydrogen) atoms. The van der Waals surface area contributed by atoms with Crippen LogP contribution in [-0.4, -0.2) is 16.5 Å². The lowest BCUT2D eigenvalue weighted by Crippen LogP contribution is -2.02. The lowest BCUT2D eigenvalue weighted by atomic mass is 10.1. The summed E-state index contributed by atoms with van der Waals surface area (Å²) in [6, 6.07) is 8.86. The van der Waals surface area contributed by atoms with Crippen molar-refractivity contribution >= 4 is 11.4 Å². The number of benzene rings is 1. The van der Waals surface area contributed by atoms with Crippen LogP contribution < -0.4 is 10.1 Å². The highest BCUT2D eigenvalue weighted by Gasteiger charge is 2.10. The summed E-state index contributed by atoms with van der Waals surface area (Å²) >= 11 is 0. The largest absolute Gasteiger partial charge is 0.478 e. The van der Waals surface area contributed by atoms with Gasteiger partial charge in [0, 0.05) is 24.2 Å². The van der Waals surface area contributed by atoms with Crippen molar-refractivity contribution in [2.75, 3.05) is 11.9 Å². The first-order valence-corrected chi connectivity index (χ1v) is 6.66. The summed E-state index contributed by atoms with van der Waals surface area (Å²) < 4.78 is 5.27. The second-order valence-electron chi connectivity index (χ2n) is 4.55. The van der Waals surface area contributed by atoms with Crippen molar-refractivity contribution < 1.29 is 9.66 Å². The monoisotopic (exact) mass is 287 g/mol. The molecule has 110 valence electrons. The van der Waals surface area contributed by atoms with E-state index in [0.29, 0.717) is 24.6 Å². The zero-order valence-corrected chi connectivity index (χ0v) is 12.0. The minimum Gasteiger partial charge on any atom is -0.478 e. The van der Waals surface area contributed by atoms with Crippen molar-refractivity contribution in [3.8, 4) is 5.88 Å². The second kappa shape index (κ2) is 6.69. The molecule has 2 rings (SSSR count). The molecule has 0 unspecified atom stereocenters. The van der Waals surface area contributed by atoms with Gasteiger partial charge < -0.3 is 10.1 Å². The molecule has 0 spiro atoms. The molecule has 0 radical (unpaired) electrons. The third-order valence-electron chi connectivity index (χ3n) is 3.00. The number of ether oxygens (including phenoxy) is 1. The third-order valence-corrected chi connectivity index (χ3v) is 3.00. The molecule has 0 atom stereocenters. The molecule has 1 heterocycles. The summed E-state index contributed by atoms with van der Waals surface area (Å²) in [6.45, 7) is 4.70. The van der Waals surface area contributed by atoms with Crippen molar-refractivity contribution in [2.45, 2.75) is 20.4 Å². The van der Waals surface area contributed by atoms with E-state index in [9.17, 15) is 10.1 Å². The van der Waals surface area contributed by atoms with E-state index in [1.807, 2.05) is 19.1 Å². The molecule has 0 aliphatic rings. The van der Waals surface area contributed by atoms with Gasteiger partial charge in [0.15, 0.2) is 0 Å². The quantitative estimate of drug-likeness (QED) is 0.651. The van der Waals surface area contributed by atoms with Crippen LogP contribution in [-0.2, 0) is 6.54 Å². The average molecular weight is 287 g/mol. The summed E-state index contributed by atoms with van der Waals surface area (Å²) in [7, 11) is 0. The van der Waals surface area contributed by atoms with Gasteiger partial charge in [-0.05, 0) is 25.5 Å². The molecule has 6 heteroatoms. The fourth-order valence-electron chi connectivity index (χ4n) is 1.88. The molecule has 0 saturated carbocycles. The number of nitro benzene ring substituents is 1. The SMILES string of the molecule is CCOc1ccc(NCc2ccc(C)c([N+](=O)[O-])c2)cn1. The van der Waals surface area contributed by atoms with Gasteiger partial charge in [0.25, 0.3) is 5.69 Å². The highest BCUT2D eigenvalue weighted by molar-refractivity contribution is 5.46. The van der Waals surface area contributed by atoms with Gasteiger partial charge in [-0.2, -0.15) is 0 Å². The number of aromatic nitrogens is 1. The summed E-state index contributed by atoms with van der Waals surface area (Å²) in [6.07, 6.45) is 1.67. The standard InChI is InChI=1S/C15H17N3O3/c1-3-21-15-7-6-13(10-17-15)16-9-12-5-4-11(2)14(8-12)18(19)20/h4-8,10,16H,3,9H2,1-2H3. The number of anilines is 1. The topological polar surface area (TPSA) is 77.3 Å². The van der Waals surface area contributed by atoms with Gasteiger partial charge in [-0.3, -0.25) is 10.1 Å². The van der Waals surface area contributed by atoms with Gasteiger partial charge >= 0.3 is 0 Å². The molecule has 6 nitrogen and oxygen atoms in total. The smallest absolute Gasteiger partial charge is 0.272 e. The first kappa shape index (κ1) is 14.8. The molecule has 0 aliphatic carbocycles. The van der Waals surface area contributed by atoms with Gasteiger partial charge in [0.05, 0.1) is 23.4 Å². The Morgan fingerprint density at radius 3 is 2.76 bits per heavy atom. The molecule has 1 aromatic heterocycles. The van der Waals surface area contributed by atoms with Gasteiger partial charge in [-0.15, -0.1) is 0 Å². The Kier molecular flexibility index (Phi) is 4.71. The van der Waals surface area contributed by atoms with Crippen LogP contribution in [0.15, 0.2) is 36.5 Å². The maximum Gasteiger partial charge on any atom is 0.272 e. The van der Waals surface area contributed by atoms with Crippen LogP contribution in [0, 0.1) is 17.0 Å². The second-order valence-corrected chi connectivity index (χ2v) is 4.55. The summed E-state index contributed by atoms with van der Waals surface area (Å²) in [5.41, 5.74) is 2.48. The Balaban J connectivity index is 2.02. The summed E-state index contributed by atoms with van der Waals surface area (Å²) in [5.74, 6) is 0.578. The molecule has 0 saturated heterocycles. The van der Waals surface area contributed by atoms with Crippen LogP contribution in [0.1, 0.15) is 18.1 Å². The maximum atomic E-state index is 10.9. The van der Waals surface area contributed by atoms with E-state index >= 15 is 0 Å². The van der Waals surface area contributed by atoms with Crippen molar-refractivity contribution in [2.24, 2.45) is 0 Å². The molecule has 0 fully saturated rings. The van der Waals surface area contributed by atoms with Gasteiger partial charge in [-0.1, -0.05) is 12.1 Å². The lowest BCUT2D eigenvalue weighted by Gasteiger charge is -2.08. The lowest BCUT2D eigenvalue weighted by molar-refractivity contribution is -0.385. The Labute approximate surface area is 122 Å². The van der Waals surface area contributed by atoms with E-state index < -0.39 is 0 Å². The van der Waals surface area contributed by atoms with Crippen molar-refractivity contribution in [3.63, 3.8) is 0 Å². The first-order valence-electron chi connectivity index (χ1n) is 6.66.